The van der Waals surface area contributed by atoms with Crippen molar-refractivity contribution < 1.29 is 18.3 Å². The average Bonchev–Trinajstić information content (AvgIpc) is 2.98. The molecule has 0 spiro atoms. The highest BCUT2D eigenvalue weighted by Crippen LogP contribution is 2.31. The zero-order chi connectivity index (χ0) is 18.9. The summed E-state index contributed by atoms with van der Waals surface area (Å²) in [7, 11) is -3.29. The summed E-state index contributed by atoms with van der Waals surface area (Å²) in [5.41, 5.74) is 4.04. The fourth-order valence-corrected chi connectivity index (χ4v) is 3.28. The van der Waals surface area contributed by atoms with Gasteiger partial charge in [-0.1, -0.05) is 42.0 Å². The fraction of sp³-hybridized carbons (Fsp3) is 0.158. The number of carbonyl (C=O) groups is 1. The van der Waals surface area contributed by atoms with E-state index in [9.17, 15) is 18.3 Å². The number of carbonyl (C=O) groups excluding carboxylic acids is 1. The van der Waals surface area contributed by atoms with Crippen molar-refractivity contribution in [1.82, 2.24) is 9.78 Å². The number of sulfone groups is 1. The van der Waals surface area contributed by atoms with E-state index in [2.05, 4.69) is 5.10 Å². The molecular weight excluding hydrogens is 352 g/mol. The van der Waals surface area contributed by atoms with Crippen molar-refractivity contribution in [3.8, 4) is 22.4 Å². The molecule has 0 aliphatic rings. The van der Waals surface area contributed by atoms with E-state index in [1.165, 1.54) is 16.8 Å². The molecular formula is C19H17N2O4S-. The van der Waals surface area contributed by atoms with Gasteiger partial charge in [0.15, 0.2) is 9.84 Å². The molecule has 0 radical (unpaired) electrons. The lowest BCUT2D eigenvalue weighted by Crippen LogP contribution is -2.27. The maximum Gasteiger partial charge on any atom is 0.175 e. The summed E-state index contributed by atoms with van der Waals surface area (Å²) in [5.74, 6) is -1.23. The molecule has 0 N–H and O–H groups in total. The number of carboxylic acid groups (broad SMARTS) is 1. The van der Waals surface area contributed by atoms with Crippen LogP contribution >= 0.6 is 0 Å². The third-order valence-corrected chi connectivity index (χ3v) is 5.10. The van der Waals surface area contributed by atoms with E-state index in [0.717, 1.165) is 22.9 Å². The summed E-state index contributed by atoms with van der Waals surface area (Å²) >= 11 is 0. The predicted molar refractivity (Wildman–Crippen MR) is 96.0 cm³/mol. The van der Waals surface area contributed by atoms with Crippen molar-refractivity contribution in [2.24, 2.45) is 0 Å². The molecule has 26 heavy (non-hydrogen) atoms. The predicted octanol–water partition coefficient (Wildman–Crippen LogP) is 1.68. The number of nitrogens with zero attached hydrogens (tertiary/aromatic N) is 2. The van der Waals surface area contributed by atoms with Crippen LogP contribution in [0.1, 0.15) is 5.56 Å². The number of aromatic nitrogens is 2. The monoisotopic (exact) mass is 369 g/mol. The number of aliphatic carboxylic acids is 1. The molecule has 3 rings (SSSR count). The van der Waals surface area contributed by atoms with E-state index in [-0.39, 0.29) is 11.4 Å². The van der Waals surface area contributed by atoms with E-state index in [0.29, 0.717) is 11.3 Å². The molecule has 0 amide bonds. The normalized spacial score (nSPS) is 11.5. The van der Waals surface area contributed by atoms with Gasteiger partial charge in [-0.25, -0.2) is 8.42 Å². The summed E-state index contributed by atoms with van der Waals surface area (Å²) < 4.78 is 24.6. The van der Waals surface area contributed by atoms with Crippen LogP contribution in [-0.4, -0.2) is 30.4 Å². The molecule has 2 aromatic carbocycles. The lowest BCUT2D eigenvalue weighted by atomic mass is 10.0. The van der Waals surface area contributed by atoms with Crippen LogP contribution in [0.15, 0.2) is 59.6 Å². The van der Waals surface area contributed by atoms with Gasteiger partial charge in [-0.3, -0.25) is 4.68 Å². The van der Waals surface area contributed by atoms with Gasteiger partial charge in [-0.05, 0) is 24.6 Å². The second-order valence-corrected chi connectivity index (χ2v) is 8.14. The van der Waals surface area contributed by atoms with Gasteiger partial charge >= 0.3 is 0 Å². The molecule has 1 heterocycles. The molecule has 0 unspecified atom stereocenters. The summed E-state index contributed by atoms with van der Waals surface area (Å²) in [5, 5.41) is 15.3. The van der Waals surface area contributed by atoms with Gasteiger partial charge in [-0.15, -0.1) is 0 Å². The van der Waals surface area contributed by atoms with Crippen molar-refractivity contribution in [2.45, 2.75) is 18.4 Å². The molecule has 0 aliphatic heterocycles. The van der Waals surface area contributed by atoms with Gasteiger partial charge in [0.1, 0.15) is 5.69 Å². The standard InChI is InChI=1S/C19H18N2O4S/c1-13-3-5-14(6-4-13)17-11-21(12-18(22)23)20-19(17)15-7-9-16(10-8-15)26(2,24)25/h3-11H,12H2,1-2H3,(H,22,23)/p-1. The number of aryl methyl sites for hydroxylation is 1. The second-order valence-electron chi connectivity index (χ2n) is 6.12. The topological polar surface area (TPSA) is 92.1 Å². The SMILES string of the molecule is Cc1ccc(-c2cn(CC(=O)[O-])nc2-c2ccc(S(C)(=O)=O)cc2)cc1. The Kier molecular flexibility index (Phi) is 4.65. The number of hydrogen-bond donors (Lipinski definition) is 0. The molecule has 0 fully saturated rings. The smallest absolute Gasteiger partial charge is 0.175 e. The molecule has 6 nitrogen and oxygen atoms in total. The van der Waals surface area contributed by atoms with Crippen LogP contribution in [0, 0.1) is 6.92 Å². The Morgan fingerprint density at radius 3 is 2.15 bits per heavy atom. The van der Waals surface area contributed by atoms with Gasteiger partial charge in [0, 0.05) is 23.6 Å². The first-order valence-corrected chi connectivity index (χ1v) is 9.78. The van der Waals surface area contributed by atoms with Crippen LogP contribution in [0.4, 0.5) is 0 Å². The van der Waals surface area contributed by atoms with Crippen LogP contribution < -0.4 is 5.11 Å². The Labute approximate surface area is 151 Å². The lowest BCUT2D eigenvalue weighted by molar-refractivity contribution is -0.306. The van der Waals surface area contributed by atoms with E-state index < -0.39 is 15.8 Å². The Hall–Kier alpha value is -2.93. The zero-order valence-electron chi connectivity index (χ0n) is 14.3. The van der Waals surface area contributed by atoms with Gasteiger partial charge in [0.2, 0.25) is 0 Å². The molecule has 0 bridgehead atoms. The molecule has 134 valence electrons. The number of hydrogen-bond acceptors (Lipinski definition) is 5. The van der Waals surface area contributed by atoms with Gasteiger partial charge in [-0.2, -0.15) is 5.10 Å². The number of rotatable bonds is 5. The van der Waals surface area contributed by atoms with Crippen molar-refractivity contribution in [1.29, 1.82) is 0 Å². The third kappa shape index (κ3) is 3.83. The second kappa shape index (κ2) is 6.76. The van der Waals surface area contributed by atoms with Crippen LogP contribution in [0.3, 0.4) is 0 Å². The van der Waals surface area contributed by atoms with E-state index in [1.807, 2.05) is 31.2 Å². The minimum atomic E-state index is -3.29. The molecule has 0 aliphatic carbocycles. The highest BCUT2D eigenvalue weighted by molar-refractivity contribution is 7.90. The van der Waals surface area contributed by atoms with Crippen LogP contribution in [-0.2, 0) is 21.2 Å². The minimum absolute atomic E-state index is 0.215. The quantitative estimate of drug-likeness (QED) is 0.682. The number of benzene rings is 2. The summed E-state index contributed by atoms with van der Waals surface area (Å²) in [6.07, 6.45) is 2.80. The Balaban J connectivity index is 2.11. The summed E-state index contributed by atoms with van der Waals surface area (Å²) in [6, 6.07) is 14.2. The maximum absolute atomic E-state index is 11.6. The van der Waals surface area contributed by atoms with Gasteiger partial charge in [0.25, 0.3) is 0 Å². The first-order chi connectivity index (χ1) is 12.2. The number of carboxylic acids is 1. The molecule has 0 saturated carbocycles. The maximum atomic E-state index is 11.6. The highest BCUT2D eigenvalue weighted by atomic mass is 32.2. The Bertz CT molecular complexity index is 1050. The van der Waals surface area contributed by atoms with E-state index in [4.69, 9.17) is 0 Å². The van der Waals surface area contributed by atoms with Crippen LogP contribution in [0.2, 0.25) is 0 Å². The zero-order valence-corrected chi connectivity index (χ0v) is 15.2. The first kappa shape index (κ1) is 17.9. The fourth-order valence-electron chi connectivity index (χ4n) is 2.65. The Morgan fingerprint density at radius 2 is 1.62 bits per heavy atom. The Morgan fingerprint density at radius 1 is 1.04 bits per heavy atom. The van der Waals surface area contributed by atoms with E-state index in [1.54, 1.807) is 18.3 Å². The average molecular weight is 369 g/mol. The van der Waals surface area contributed by atoms with Crippen LogP contribution in [0.5, 0.6) is 0 Å². The van der Waals surface area contributed by atoms with Crippen molar-refractivity contribution in [2.75, 3.05) is 6.26 Å². The van der Waals surface area contributed by atoms with Crippen LogP contribution in [0.25, 0.3) is 22.4 Å². The molecule has 3 aromatic rings. The molecule has 0 saturated heterocycles. The summed E-state index contributed by atoms with van der Waals surface area (Å²) in [6.45, 7) is 1.62. The highest BCUT2D eigenvalue weighted by Gasteiger charge is 2.15. The first-order valence-electron chi connectivity index (χ1n) is 7.89. The minimum Gasteiger partial charge on any atom is -0.548 e. The molecule has 7 heteroatoms. The van der Waals surface area contributed by atoms with E-state index >= 15 is 0 Å². The van der Waals surface area contributed by atoms with Crippen molar-refractivity contribution in [3.63, 3.8) is 0 Å². The third-order valence-electron chi connectivity index (χ3n) is 3.97. The summed E-state index contributed by atoms with van der Waals surface area (Å²) in [4.78, 5) is 11.1. The molecule has 0 atom stereocenters. The lowest BCUT2D eigenvalue weighted by Gasteiger charge is -2.05. The van der Waals surface area contributed by atoms with Gasteiger partial charge in [0.05, 0.1) is 17.4 Å². The van der Waals surface area contributed by atoms with Crippen molar-refractivity contribution >= 4 is 15.8 Å². The van der Waals surface area contributed by atoms with Crippen molar-refractivity contribution in [3.05, 3.63) is 60.3 Å². The van der Waals surface area contributed by atoms with Gasteiger partial charge < -0.3 is 9.90 Å². The molecule has 1 aromatic heterocycles. The largest absolute Gasteiger partial charge is 0.548 e.